The number of aliphatic imine (C=N–C) groups is 1. The number of halogens is 2. The molecule has 5 heteroatoms. The van der Waals surface area contributed by atoms with Gasteiger partial charge in [-0.2, -0.15) is 0 Å². The molecule has 2 atom stereocenters. The average Bonchev–Trinajstić information content (AvgIpc) is 3.04. The molecular weight excluding hydrogens is 373 g/mol. The third-order valence-corrected chi connectivity index (χ3v) is 3.51. The van der Waals surface area contributed by atoms with Gasteiger partial charge in [-0.3, -0.25) is 0 Å². The third kappa shape index (κ3) is 5.18. The van der Waals surface area contributed by atoms with Crippen LogP contribution in [0, 0.1) is 5.92 Å². The first kappa shape index (κ1) is 16.6. The molecule has 0 spiro atoms. The predicted octanol–water partition coefficient (Wildman–Crippen LogP) is 3.42. The fraction of sp³-hybridized carbons (Fsp3) is 0.500. The van der Waals surface area contributed by atoms with E-state index in [1.807, 2.05) is 24.3 Å². The number of rotatable bonds is 4. The Morgan fingerprint density at radius 1 is 1.42 bits per heavy atom. The van der Waals surface area contributed by atoms with Gasteiger partial charge in [0.1, 0.15) is 0 Å². The van der Waals surface area contributed by atoms with Gasteiger partial charge in [0.05, 0.1) is 6.54 Å². The summed E-state index contributed by atoms with van der Waals surface area (Å²) >= 11 is 6.12. The number of nitrogens with zero attached hydrogens (tertiary/aromatic N) is 1. The lowest BCUT2D eigenvalue weighted by molar-refractivity contribution is 0.766. The van der Waals surface area contributed by atoms with E-state index >= 15 is 0 Å². The van der Waals surface area contributed by atoms with Gasteiger partial charge in [-0.1, -0.05) is 36.7 Å². The Morgan fingerprint density at radius 2 is 2.11 bits per heavy atom. The van der Waals surface area contributed by atoms with Crippen LogP contribution in [0.2, 0.25) is 5.02 Å². The van der Waals surface area contributed by atoms with Crippen molar-refractivity contribution in [2.45, 2.75) is 32.9 Å². The van der Waals surface area contributed by atoms with Crippen LogP contribution in [-0.2, 0) is 6.54 Å². The normalized spacial score (nSPS) is 21.5. The van der Waals surface area contributed by atoms with E-state index in [9.17, 15) is 0 Å². The van der Waals surface area contributed by atoms with Gasteiger partial charge < -0.3 is 10.6 Å². The molecule has 1 saturated carbocycles. The van der Waals surface area contributed by atoms with Crippen LogP contribution in [-0.4, -0.2) is 18.5 Å². The molecule has 0 amide bonds. The molecule has 1 fully saturated rings. The summed E-state index contributed by atoms with van der Waals surface area (Å²) in [6.45, 7) is 5.80. The second-order valence-electron chi connectivity index (χ2n) is 4.75. The number of hydrogen-bond donors (Lipinski definition) is 2. The maximum absolute atomic E-state index is 6.12. The first-order chi connectivity index (χ1) is 8.70. The van der Waals surface area contributed by atoms with E-state index in [2.05, 4.69) is 29.5 Å². The number of nitrogens with one attached hydrogen (secondary N) is 2. The first-order valence-electron chi connectivity index (χ1n) is 6.49. The van der Waals surface area contributed by atoms with Gasteiger partial charge in [-0.15, -0.1) is 24.0 Å². The second-order valence-corrected chi connectivity index (χ2v) is 5.16. The van der Waals surface area contributed by atoms with Gasteiger partial charge in [-0.05, 0) is 30.9 Å². The topological polar surface area (TPSA) is 36.4 Å². The minimum Gasteiger partial charge on any atom is -0.357 e. The summed E-state index contributed by atoms with van der Waals surface area (Å²) in [5.74, 6) is 1.64. The Hall–Kier alpha value is -0.490. The minimum atomic E-state index is 0. The van der Waals surface area contributed by atoms with Crippen LogP contribution in [0.3, 0.4) is 0 Å². The highest BCUT2D eigenvalue weighted by Gasteiger charge is 2.33. The highest BCUT2D eigenvalue weighted by Crippen LogP contribution is 2.28. The Balaban J connectivity index is 0.00000180. The molecule has 2 rings (SSSR count). The molecular formula is C14H21ClIN3. The maximum atomic E-state index is 6.12. The SMILES string of the molecule is CCNC(=NCc1ccccc1Cl)NC1CC1C.I. The van der Waals surface area contributed by atoms with Crippen molar-refractivity contribution >= 4 is 41.5 Å². The van der Waals surface area contributed by atoms with Crippen LogP contribution in [0.1, 0.15) is 25.8 Å². The highest BCUT2D eigenvalue weighted by molar-refractivity contribution is 14.0. The van der Waals surface area contributed by atoms with E-state index in [-0.39, 0.29) is 24.0 Å². The van der Waals surface area contributed by atoms with E-state index in [1.54, 1.807) is 0 Å². The van der Waals surface area contributed by atoms with E-state index < -0.39 is 0 Å². The van der Waals surface area contributed by atoms with Crippen molar-refractivity contribution in [3.05, 3.63) is 34.9 Å². The fourth-order valence-electron chi connectivity index (χ4n) is 1.81. The van der Waals surface area contributed by atoms with Gasteiger partial charge in [0, 0.05) is 17.6 Å². The fourth-order valence-corrected chi connectivity index (χ4v) is 2.01. The third-order valence-electron chi connectivity index (χ3n) is 3.14. The van der Waals surface area contributed by atoms with Gasteiger partial charge >= 0.3 is 0 Å². The van der Waals surface area contributed by atoms with Crippen LogP contribution in [0.25, 0.3) is 0 Å². The standard InChI is InChI=1S/C14H20ClN3.HI/c1-3-16-14(18-13-8-10(13)2)17-9-11-6-4-5-7-12(11)15;/h4-7,10,13H,3,8-9H2,1-2H3,(H2,16,17,18);1H. The van der Waals surface area contributed by atoms with Crippen molar-refractivity contribution in [1.82, 2.24) is 10.6 Å². The van der Waals surface area contributed by atoms with Crippen LogP contribution in [0.15, 0.2) is 29.3 Å². The van der Waals surface area contributed by atoms with E-state index in [1.165, 1.54) is 6.42 Å². The summed E-state index contributed by atoms with van der Waals surface area (Å²) in [4.78, 5) is 4.57. The molecule has 1 aromatic rings. The molecule has 106 valence electrons. The molecule has 1 aliphatic carbocycles. The van der Waals surface area contributed by atoms with E-state index in [4.69, 9.17) is 11.6 Å². The molecule has 0 aliphatic heterocycles. The smallest absolute Gasteiger partial charge is 0.191 e. The summed E-state index contributed by atoms with van der Waals surface area (Å²) in [5, 5.41) is 7.46. The predicted molar refractivity (Wildman–Crippen MR) is 92.4 cm³/mol. The van der Waals surface area contributed by atoms with E-state index in [0.717, 1.165) is 29.0 Å². The lowest BCUT2D eigenvalue weighted by Crippen LogP contribution is -2.39. The molecule has 3 nitrogen and oxygen atoms in total. The van der Waals surface area contributed by atoms with Gasteiger partial charge in [0.25, 0.3) is 0 Å². The Morgan fingerprint density at radius 3 is 2.68 bits per heavy atom. The molecule has 0 heterocycles. The largest absolute Gasteiger partial charge is 0.357 e. The maximum Gasteiger partial charge on any atom is 0.191 e. The first-order valence-corrected chi connectivity index (χ1v) is 6.86. The molecule has 0 saturated heterocycles. The van der Waals surface area contributed by atoms with Crippen molar-refractivity contribution in [1.29, 1.82) is 0 Å². The zero-order chi connectivity index (χ0) is 13.0. The zero-order valence-corrected chi connectivity index (χ0v) is 14.4. The molecule has 2 unspecified atom stereocenters. The Bertz CT molecular complexity index is 436. The molecule has 1 aromatic carbocycles. The molecule has 1 aliphatic rings. The monoisotopic (exact) mass is 393 g/mol. The summed E-state index contributed by atoms with van der Waals surface area (Å²) in [7, 11) is 0. The molecule has 0 bridgehead atoms. The van der Waals surface area contributed by atoms with E-state index in [0.29, 0.717) is 12.6 Å². The average molecular weight is 394 g/mol. The zero-order valence-electron chi connectivity index (χ0n) is 11.3. The van der Waals surface area contributed by atoms with Gasteiger partial charge in [-0.25, -0.2) is 4.99 Å². The lowest BCUT2D eigenvalue weighted by Gasteiger charge is -2.11. The molecule has 0 radical (unpaired) electrons. The Labute approximate surface area is 137 Å². The van der Waals surface area contributed by atoms with Crippen molar-refractivity contribution < 1.29 is 0 Å². The Kier molecular flexibility index (Phi) is 6.93. The van der Waals surface area contributed by atoms with Crippen LogP contribution >= 0.6 is 35.6 Å². The summed E-state index contributed by atoms with van der Waals surface area (Å²) in [6.07, 6.45) is 1.23. The number of guanidine groups is 1. The van der Waals surface area contributed by atoms with Crippen LogP contribution < -0.4 is 10.6 Å². The molecule has 2 N–H and O–H groups in total. The summed E-state index contributed by atoms with van der Waals surface area (Å²) in [6, 6.07) is 8.41. The molecule has 19 heavy (non-hydrogen) atoms. The van der Waals surface area contributed by atoms with Crippen molar-refractivity contribution in [2.24, 2.45) is 10.9 Å². The second kappa shape index (κ2) is 7.94. The molecule has 0 aromatic heterocycles. The van der Waals surface area contributed by atoms with Crippen LogP contribution in [0.5, 0.6) is 0 Å². The lowest BCUT2D eigenvalue weighted by atomic mass is 10.2. The van der Waals surface area contributed by atoms with Gasteiger partial charge in [0.15, 0.2) is 5.96 Å². The summed E-state index contributed by atoms with van der Waals surface area (Å²) < 4.78 is 0. The van der Waals surface area contributed by atoms with Crippen molar-refractivity contribution in [3.8, 4) is 0 Å². The quantitative estimate of drug-likeness (QED) is 0.467. The highest BCUT2D eigenvalue weighted by atomic mass is 127. The summed E-state index contributed by atoms with van der Waals surface area (Å²) in [5.41, 5.74) is 1.06. The van der Waals surface area contributed by atoms with Gasteiger partial charge in [0.2, 0.25) is 0 Å². The number of benzene rings is 1. The van der Waals surface area contributed by atoms with Crippen molar-refractivity contribution in [3.63, 3.8) is 0 Å². The number of hydrogen-bond acceptors (Lipinski definition) is 1. The minimum absolute atomic E-state index is 0. The van der Waals surface area contributed by atoms with Crippen LogP contribution in [0.4, 0.5) is 0 Å². The van der Waals surface area contributed by atoms with Crippen molar-refractivity contribution in [2.75, 3.05) is 6.54 Å².